The van der Waals surface area contributed by atoms with Gasteiger partial charge in [-0.2, -0.15) is 0 Å². The van der Waals surface area contributed by atoms with Gasteiger partial charge in [0.05, 0.1) is 21.8 Å². The molecule has 5 nitrogen and oxygen atoms in total. The number of benzene rings is 1. The number of aliphatic hydroxyl groups is 1. The number of aliphatic hydroxyl groups excluding tert-OH is 1. The van der Waals surface area contributed by atoms with Gasteiger partial charge in [-0.3, -0.25) is 14.4 Å². The second-order valence-electron chi connectivity index (χ2n) is 6.64. The number of imide groups is 1. The number of hydrogen-bond acceptors (Lipinski definition) is 4. The van der Waals surface area contributed by atoms with E-state index in [0.717, 1.165) is 11.0 Å². The average molecular weight is 368 g/mol. The molecule has 1 aliphatic carbocycles. The molecule has 1 unspecified atom stereocenters. The molecule has 1 aromatic carbocycles. The molecule has 0 bridgehead atoms. The number of ketones is 1. The molecule has 1 N–H and O–H groups in total. The Bertz CT molecular complexity index is 843. The van der Waals surface area contributed by atoms with Gasteiger partial charge in [0.15, 0.2) is 11.5 Å². The van der Waals surface area contributed by atoms with Crippen molar-refractivity contribution in [3.63, 3.8) is 0 Å². The Kier molecular flexibility index (Phi) is 3.77. The van der Waals surface area contributed by atoms with Crippen LogP contribution in [-0.2, 0) is 16.0 Å². The highest BCUT2D eigenvalue weighted by Gasteiger charge is 2.46. The van der Waals surface area contributed by atoms with Gasteiger partial charge in [-0.25, -0.2) is 4.90 Å². The number of halogens is 2. The number of amides is 2. The van der Waals surface area contributed by atoms with Crippen molar-refractivity contribution in [3.05, 3.63) is 39.1 Å². The summed E-state index contributed by atoms with van der Waals surface area (Å²) in [5, 5.41) is 9.45. The van der Waals surface area contributed by atoms with Gasteiger partial charge < -0.3 is 5.11 Å². The summed E-state index contributed by atoms with van der Waals surface area (Å²) >= 11 is 12.5. The molecule has 2 amide bonds. The predicted molar refractivity (Wildman–Crippen MR) is 90.6 cm³/mol. The Labute approximate surface area is 148 Å². The minimum absolute atomic E-state index is 0.0329. The molecule has 1 atom stereocenters. The third-order valence-corrected chi connectivity index (χ3v) is 5.85. The fourth-order valence-corrected chi connectivity index (χ4v) is 3.66. The van der Waals surface area contributed by atoms with Crippen molar-refractivity contribution >= 4 is 46.5 Å². The van der Waals surface area contributed by atoms with Crippen LogP contribution in [0, 0.1) is 11.3 Å². The summed E-state index contributed by atoms with van der Waals surface area (Å²) in [5.74, 6) is -2.24. The first-order valence-electron chi connectivity index (χ1n) is 7.44. The zero-order valence-corrected chi connectivity index (χ0v) is 14.8. The van der Waals surface area contributed by atoms with Crippen molar-refractivity contribution in [1.29, 1.82) is 0 Å². The lowest BCUT2D eigenvalue weighted by Gasteiger charge is -2.26. The van der Waals surface area contributed by atoms with Crippen LogP contribution < -0.4 is 4.90 Å². The number of fused-ring (bicyclic) bond motifs is 1. The molecule has 2 aliphatic rings. The quantitative estimate of drug-likeness (QED) is 0.808. The molecule has 0 spiro atoms. The summed E-state index contributed by atoms with van der Waals surface area (Å²) in [7, 11) is 0. The molecular formula is C17H15Cl2NO4. The zero-order chi connectivity index (χ0) is 18.0. The maximum absolute atomic E-state index is 12.8. The SMILES string of the molecule is CC(C)C1(C)Cc2cc(N3C(=O)C=C(O)C3=O)c(Cl)c(Cl)c2C1=O. The molecule has 1 aliphatic heterocycles. The molecule has 7 heteroatoms. The molecule has 0 aromatic heterocycles. The Hall–Kier alpha value is -1.85. The molecule has 24 heavy (non-hydrogen) atoms. The molecule has 0 saturated heterocycles. The van der Waals surface area contributed by atoms with Crippen LogP contribution in [0.15, 0.2) is 17.9 Å². The van der Waals surface area contributed by atoms with Crippen molar-refractivity contribution in [2.45, 2.75) is 27.2 Å². The highest BCUT2D eigenvalue weighted by Crippen LogP contribution is 2.49. The van der Waals surface area contributed by atoms with Gasteiger partial charge in [0.25, 0.3) is 11.8 Å². The van der Waals surface area contributed by atoms with E-state index in [0.29, 0.717) is 17.5 Å². The summed E-state index contributed by atoms with van der Waals surface area (Å²) < 4.78 is 0. The van der Waals surface area contributed by atoms with Crippen LogP contribution >= 0.6 is 23.2 Å². The van der Waals surface area contributed by atoms with Gasteiger partial charge in [0.1, 0.15) is 0 Å². The van der Waals surface area contributed by atoms with Crippen LogP contribution in [0.4, 0.5) is 5.69 Å². The molecule has 1 aromatic rings. The largest absolute Gasteiger partial charge is 0.503 e. The third kappa shape index (κ3) is 2.11. The smallest absolute Gasteiger partial charge is 0.300 e. The van der Waals surface area contributed by atoms with Gasteiger partial charge in [-0.1, -0.05) is 44.0 Å². The van der Waals surface area contributed by atoms with Crippen LogP contribution in [0.2, 0.25) is 10.0 Å². The van der Waals surface area contributed by atoms with E-state index in [2.05, 4.69) is 0 Å². The van der Waals surface area contributed by atoms with Gasteiger partial charge in [-0.05, 0) is 24.0 Å². The van der Waals surface area contributed by atoms with Crippen molar-refractivity contribution in [2.75, 3.05) is 4.90 Å². The topological polar surface area (TPSA) is 74.7 Å². The summed E-state index contributed by atoms with van der Waals surface area (Å²) in [6.45, 7) is 5.77. The monoisotopic (exact) mass is 367 g/mol. The fraction of sp³-hybridized carbons (Fsp3) is 0.353. The van der Waals surface area contributed by atoms with E-state index in [1.807, 2.05) is 20.8 Å². The van der Waals surface area contributed by atoms with E-state index in [1.165, 1.54) is 6.07 Å². The van der Waals surface area contributed by atoms with Crippen molar-refractivity contribution in [3.8, 4) is 0 Å². The lowest BCUT2D eigenvalue weighted by atomic mass is 9.76. The van der Waals surface area contributed by atoms with Gasteiger partial charge in [0.2, 0.25) is 0 Å². The summed E-state index contributed by atoms with van der Waals surface area (Å²) in [6, 6.07) is 1.54. The normalized spacial score (nSPS) is 23.3. The van der Waals surface area contributed by atoms with Crippen molar-refractivity contribution < 1.29 is 19.5 Å². The van der Waals surface area contributed by atoms with Gasteiger partial charge in [-0.15, -0.1) is 0 Å². The van der Waals surface area contributed by atoms with Crippen LogP contribution in [-0.4, -0.2) is 22.7 Å². The molecule has 1 heterocycles. The lowest BCUT2D eigenvalue weighted by molar-refractivity contribution is -0.121. The van der Waals surface area contributed by atoms with E-state index >= 15 is 0 Å². The third-order valence-electron chi connectivity index (χ3n) is 4.99. The van der Waals surface area contributed by atoms with Crippen molar-refractivity contribution in [2.24, 2.45) is 11.3 Å². The van der Waals surface area contributed by atoms with E-state index in [4.69, 9.17) is 23.2 Å². The van der Waals surface area contributed by atoms with Crippen LogP contribution in [0.1, 0.15) is 36.7 Å². The standard InChI is InChI=1S/C17H15Cl2NO4/c1-7(2)17(3)6-8-4-9(13(18)14(19)12(8)15(17)23)20-11(22)5-10(21)16(20)24/h4-5,7,21H,6H2,1-3H3. The van der Waals surface area contributed by atoms with Gasteiger partial charge >= 0.3 is 0 Å². The fourth-order valence-electron chi connectivity index (χ4n) is 3.13. The predicted octanol–water partition coefficient (Wildman–Crippen LogP) is 3.71. The summed E-state index contributed by atoms with van der Waals surface area (Å²) in [6.07, 6.45) is 1.27. The molecule has 0 fully saturated rings. The second kappa shape index (κ2) is 5.33. The Balaban J connectivity index is 2.17. The van der Waals surface area contributed by atoms with Crippen LogP contribution in [0.25, 0.3) is 0 Å². The molecule has 3 rings (SSSR count). The van der Waals surface area contributed by atoms with Crippen molar-refractivity contribution in [1.82, 2.24) is 0 Å². The summed E-state index contributed by atoms with van der Waals surface area (Å²) in [4.78, 5) is 37.5. The lowest BCUT2D eigenvalue weighted by Crippen LogP contribution is -2.31. The highest BCUT2D eigenvalue weighted by molar-refractivity contribution is 6.47. The first kappa shape index (κ1) is 17.0. The second-order valence-corrected chi connectivity index (χ2v) is 7.40. The number of Topliss-reactive ketones (excluding diaryl/α,β-unsaturated/α-hetero) is 1. The minimum atomic E-state index is -0.867. The number of carbonyl (C=O) groups excluding carboxylic acids is 3. The molecular weight excluding hydrogens is 353 g/mol. The van der Waals surface area contributed by atoms with Crippen LogP contribution in [0.3, 0.4) is 0 Å². The van der Waals surface area contributed by atoms with E-state index in [1.54, 1.807) is 0 Å². The zero-order valence-electron chi connectivity index (χ0n) is 13.3. The maximum Gasteiger partial charge on any atom is 0.300 e. The molecule has 0 radical (unpaired) electrons. The Morgan fingerprint density at radius 1 is 1.21 bits per heavy atom. The molecule has 126 valence electrons. The van der Waals surface area contributed by atoms with E-state index in [-0.39, 0.29) is 27.4 Å². The average Bonchev–Trinajstić information content (AvgIpc) is 2.90. The first-order chi connectivity index (χ1) is 11.1. The van der Waals surface area contributed by atoms with Crippen LogP contribution in [0.5, 0.6) is 0 Å². The maximum atomic E-state index is 12.8. The number of nitrogens with zero attached hydrogens (tertiary/aromatic N) is 1. The number of hydrogen-bond donors (Lipinski definition) is 1. The highest BCUT2D eigenvalue weighted by atomic mass is 35.5. The number of anilines is 1. The summed E-state index contributed by atoms with van der Waals surface area (Å²) in [5.41, 5.74) is 0.454. The van der Waals surface area contributed by atoms with E-state index in [9.17, 15) is 19.5 Å². The number of carbonyl (C=O) groups is 3. The Morgan fingerprint density at radius 2 is 1.83 bits per heavy atom. The van der Waals surface area contributed by atoms with E-state index < -0.39 is 23.0 Å². The number of rotatable bonds is 2. The minimum Gasteiger partial charge on any atom is -0.503 e. The Morgan fingerprint density at radius 3 is 2.33 bits per heavy atom. The van der Waals surface area contributed by atoms with Gasteiger partial charge in [0, 0.05) is 11.0 Å². The first-order valence-corrected chi connectivity index (χ1v) is 8.20. The molecule has 0 saturated carbocycles.